The van der Waals surface area contributed by atoms with Crippen molar-refractivity contribution in [2.75, 3.05) is 25.5 Å². The average Bonchev–Trinajstić information content (AvgIpc) is 3.04. The molecule has 2 aliphatic rings. The molecular formula is C21H24F3N5O. The van der Waals surface area contributed by atoms with Gasteiger partial charge in [-0.15, -0.1) is 0 Å². The summed E-state index contributed by atoms with van der Waals surface area (Å²) in [5, 5.41) is 3.08. The highest BCUT2D eigenvalue weighted by Crippen LogP contribution is 2.46. The Balaban J connectivity index is 1.52. The number of anilines is 1. The van der Waals surface area contributed by atoms with Crippen molar-refractivity contribution in [2.45, 2.75) is 42.9 Å². The third kappa shape index (κ3) is 3.51. The van der Waals surface area contributed by atoms with Crippen LogP contribution >= 0.6 is 0 Å². The van der Waals surface area contributed by atoms with Crippen LogP contribution in [0.4, 0.5) is 23.7 Å². The molecule has 2 fully saturated rings. The molecule has 2 aromatic rings. The summed E-state index contributed by atoms with van der Waals surface area (Å²) in [4.78, 5) is 23.1. The fourth-order valence-corrected chi connectivity index (χ4v) is 4.69. The van der Waals surface area contributed by atoms with Gasteiger partial charge in [0, 0.05) is 5.54 Å². The fraction of sp³-hybridized carbons (Fsp3) is 0.476. The van der Waals surface area contributed by atoms with E-state index >= 15 is 0 Å². The Hall–Kier alpha value is -2.68. The molecule has 1 saturated carbocycles. The van der Waals surface area contributed by atoms with Gasteiger partial charge >= 0.3 is 12.2 Å². The number of hydrogen-bond acceptors (Lipinski definition) is 4. The van der Waals surface area contributed by atoms with Crippen LogP contribution in [0, 0.1) is 0 Å². The molecule has 0 radical (unpaired) electrons. The van der Waals surface area contributed by atoms with Crippen molar-refractivity contribution < 1.29 is 18.0 Å². The van der Waals surface area contributed by atoms with Crippen LogP contribution in [0.25, 0.3) is 0 Å². The number of aromatic nitrogens is 2. The molecule has 1 aliphatic carbocycles. The zero-order valence-corrected chi connectivity index (χ0v) is 16.9. The maximum atomic E-state index is 12.7. The van der Waals surface area contributed by atoms with E-state index in [2.05, 4.69) is 46.4 Å². The summed E-state index contributed by atoms with van der Waals surface area (Å²) in [7, 11) is 4.15. The van der Waals surface area contributed by atoms with Crippen LogP contribution in [0.2, 0.25) is 0 Å². The molecule has 1 spiro atoms. The van der Waals surface area contributed by atoms with E-state index in [0.29, 0.717) is 6.54 Å². The van der Waals surface area contributed by atoms with Crippen LogP contribution in [0.5, 0.6) is 0 Å². The summed E-state index contributed by atoms with van der Waals surface area (Å²) in [5.74, 6) is -1.21. The SMILES string of the molecule is CN(C)[C@]1(c2ccccc2)CC[C@]2(CC1)CN(c1cnc(C(F)(F)F)nc1)C(=O)N2. The molecule has 2 heterocycles. The van der Waals surface area contributed by atoms with Crippen LogP contribution in [0.15, 0.2) is 42.7 Å². The largest absolute Gasteiger partial charge is 0.451 e. The summed E-state index contributed by atoms with van der Waals surface area (Å²) < 4.78 is 38.1. The van der Waals surface area contributed by atoms with E-state index in [-0.39, 0.29) is 17.3 Å². The summed E-state index contributed by atoms with van der Waals surface area (Å²) in [5.41, 5.74) is 1.00. The van der Waals surface area contributed by atoms with E-state index in [0.717, 1.165) is 38.1 Å². The monoisotopic (exact) mass is 419 g/mol. The van der Waals surface area contributed by atoms with E-state index in [9.17, 15) is 18.0 Å². The average molecular weight is 419 g/mol. The van der Waals surface area contributed by atoms with Crippen LogP contribution in [0.3, 0.4) is 0 Å². The number of carbonyl (C=O) groups excluding carboxylic acids is 1. The van der Waals surface area contributed by atoms with Gasteiger partial charge in [0.2, 0.25) is 5.82 Å². The lowest BCUT2D eigenvalue weighted by Crippen LogP contribution is -2.54. The van der Waals surface area contributed by atoms with Gasteiger partial charge in [0.15, 0.2) is 0 Å². The Morgan fingerprint density at radius 1 is 1.03 bits per heavy atom. The molecule has 1 aromatic heterocycles. The maximum Gasteiger partial charge on any atom is 0.451 e. The van der Waals surface area contributed by atoms with Crippen molar-refractivity contribution in [3.05, 3.63) is 54.1 Å². The van der Waals surface area contributed by atoms with Crippen LogP contribution in [-0.4, -0.2) is 47.1 Å². The second-order valence-electron chi connectivity index (χ2n) is 8.35. The molecular weight excluding hydrogens is 395 g/mol. The summed E-state index contributed by atoms with van der Waals surface area (Å²) in [6, 6.07) is 10.0. The number of nitrogens with one attached hydrogen (secondary N) is 1. The first-order valence-corrected chi connectivity index (χ1v) is 9.87. The second-order valence-corrected chi connectivity index (χ2v) is 8.35. The van der Waals surface area contributed by atoms with Crippen molar-refractivity contribution in [1.82, 2.24) is 20.2 Å². The number of hydrogen-bond donors (Lipinski definition) is 1. The van der Waals surface area contributed by atoms with Crippen molar-refractivity contribution in [2.24, 2.45) is 0 Å². The standard InChI is InChI=1S/C21H24F3N5O/c1-28(2)20(15-6-4-3-5-7-15)10-8-19(9-11-20)14-29(18(30)27-19)16-12-25-17(26-13-16)21(22,23)24/h3-7,12-13H,8-11,14H2,1-2H3,(H,27,30)/t19-,20+. The molecule has 0 unspecified atom stereocenters. The molecule has 1 saturated heterocycles. The van der Waals surface area contributed by atoms with E-state index in [1.165, 1.54) is 10.5 Å². The lowest BCUT2D eigenvalue weighted by atomic mass is 9.69. The Labute approximate surface area is 173 Å². The minimum absolute atomic E-state index is 0.109. The first kappa shape index (κ1) is 20.6. The molecule has 1 aromatic carbocycles. The third-order valence-electron chi connectivity index (χ3n) is 6.48. The number of halogens is 3. The van der Waals surface area contributed by atoms with E-state index in [1.807, 2.05) is 18.2 Å². The van der Waals surface area contributed by atoms with Crippen LogP contribution < -0.4 is 10.2 Å². The van der Waals surface area contributed by atoms with Gasteiger partial charge in [-0.3, -0.25) is 9.80 Å². The van der Waals surface area contributed by atoms with Crippen molar-refractivity contribution >= 4 is 11.7 Å². The summed E-state index contributed by atoms with van der Waals surface area (Å²) in [6.07, 6.45) is 0.775. The number of nitrogens with zero attached hydrogens (tertiary/aromatic N) is 4. The molecule has 30 heavy (non-hydrogen) atoms. The molecule has 1 aliphatic heterocycles. The molecule has 6 nitrogen and oxygen atoms in total. The minimum atomic E-state index is -4.61. The number of benzene rings is 1. The van der Waals surface area contributed by atoms with Gasteiger partial charge in [-0.1, -0.05) is 30.3 Å². The molecule has 4 rings (SSSR count). The van der Waals surface area contributed by atoms with E-state index in [4.69, 9.17) is 0 Å². The number of alkyl halides is 3. The van der Waals surface area contributed by atoms with Gasteiger partial charge in [-0.25, -0.2) is 14.8 Å². The third-order valence-corrected chi connectivity index (χ3v) is 6.48. The smallest absolute Gasteiger partial charge is 0.330 e. The van der Waals surface area contributed by atoms with Crippen molar-refractivity contribution in [1.29, 1.82) is 0 Å². The normalized spacial score (nSPS) is 27.0. The van der Waals surface area contributed by atoms with Crippen molar-refractivity contribution in [3.8, 4) is 0 Å². The highest BCUT2D eigenvalue weighted by molar-refractivity contribution is 5.95. The highest BCUT2D eigenvalue weighted by Gasteiger charge is 2.50. The van der Waals surface area contributed by atoms with Gasteiger partial charge in [0.1, 0.15) is 0 Å². The summed E-state index contributed by atoms with van der Waals surface area (Å²) in [6.45, 7) is 0.388. The molecule has 2 amide bonds. The molecule has 1 N–H and O–H groups in total. The molecule has 0 atom stereocenters. The Kier molecular flexibility index (Phi) is 4.96. The van der Waals surface area contributed by atoms with Gasteiger partial charge in [-0.2, -0.15) is 13.2 Å². The van der Waals surface area contributed by atoms with E-state index < -0.39 is 17.5 Å². The first-order valence-electron chi connectivity index (χ1n) is 9.87. The van der Waals surface area contributed by atoms with Gasteiger partial charge in [-0.05, 0) is 45.3 Å². The topological polar surface area (TPSA) is 61.4 Å². The Bertz CT molecular complexity index is 906. The predicted octanol–water partition coefficient (Wildman–Crippen LogP) is 3.79. The van der Waals surface area contributed by atoms with Crippen LogP contribution in [0.1, 0.15) is 37.1 Å². The van der Waals surface area contributed by atoms with E-state index in [1.54, 1.807) is 0 Å². The lowest BCUT2D eigenvalue weighted by molar-refractivity contribution is -0.144. The van der Waals surface area contributed by atoms with Crippen molar-refractivity contribution in [3.63, 3.8) is 0 Å². The maximum absolute atomic E-state index is 12.7. The molecule has 0 bridgehead atoms. The Morgan fingerprint density at radius 3 is 2.17 bits per heavy atom. The van der Waals surface area contributed by atoms with Gasteiger partial charge < -0.3 is 5.32 Å². The van der Waals surface area contributed by atoms with Gasteiger partial charge in [0.05, 0.1) is 30.2 Å². The minimum Gasteiger partial charge on any atom is -0.330 e. The zero-order valence-electron chi connectivity index (χ0n) is 16.9. The lowest BCUT2D eigenvalue weighted by Gasteiger charge is -2.48. The number of rotatable bonds is 3. The second kappa shape index (κ2) is 7.23. The Morgan fingerprint density at radius 2 is 1.63 bits per heavy atom. The van der Waals surface area contributed by atoms with Gasteiger partial charge in [0.25, 0.3) is 0 Å². The zero-order chi connectivity index (χ0) is 21.6. The number of urea groups is 1. The number of carbonyl (C=O) groups is 1. The first-order chi connectivity index (χ1) is 14.2. The highest BCUT2D eigenvalue weighted by atomic mass is 19.4. The summed E-state index contributed by atoms with van der Waals surface area (Å²) >= 11 is 0. The fourth-order valence-electron chi connectivity index (χ4n) is 4.69. The molecule has 160 valence electrons. The number of amides is 2. The van der Waals surface area contributed by atoms with Crippen LogP contribution in [-0.2, 0) is 11.7 Å². The predicted molar refractivity (Wildman–Crippen MR) is 106 cm³/mol. The quantitative estimate of drug-likeness (QED) is 0.822. The molecule has 9 heteroatoms.